The normalized spacial score (nSPS) is 24.1. The second-order valence-electron chi connectivity index (χ2n) is 5.07. The van der Waals surface area contributed by atoms with Gasteiger partial charge in [-0.3, -0.25) is 4.90 Å². The van der Waals surface area contributed by atoms with E-state index in [1.807, 2.05) is 31.2 Å². The van der Waals surface area contributed by atoms with Gasteiger partial charge in [0, 0.05) is 23.1 Å². The zero-order valence-corrected chi connectivity index (χ0v) is 11.5. The Morgan fingerprint density at radius 3 is 2.67 bits per heavy atom. The fourth-order valence-electron chi connectivity index (χ4n) is 2.88. The van der Waals surface area contributed by atoms with Gasteiger partial charge in [0.25, 0.3) is 0 Å². The zero-order valence-electron chi connectivity index (χ0n) is 10.7. The molecule has 100 valence electrons. The minimum atomic E-state index is 0.0262. The van der Waals surface area contributed by atoms with E-state index in [0.29, 0.717) is 0 Å². The van der Waals surface area contributed by atoms with Crippen LogP contribution in [0.3, 0.4) is 0 Å². The highest BCUT2D eigenvalue weighted by molar-refractivity contribution is 6.30. The molecule has 18 heavy (non-hydrogen) atoms. The molecule has 0 saturated carbocycles. The van der Waals surface area contributed by atoms with E-state index in [2.05, 4.69) is 4.90 Å². The van der Waals surface area contributed by atoms with Crippen LogP contribution in [0.1, 0.15) is 31.4 Å². The molecule has 3 nitrogen and oxygen atoms in total. The van der Waals surface area contributed by atoms with E-state index in [1.165, 1.54) is 5.56 Å². The largest absolute Gasteiger partial charge is 0.395 e. The van der Waals surface area contributed by atoms with E-state index in [0.717, 1.165) is 24.4 Å². The lowest BCUT2D eigenvalue weighted by Gasteiger charge is -2.35. The molecular formula is C14H21ClN2O. The fraction of sp³-hybridized carbons (Fsp3) is 0.571. The van der Waals surface area contributed by atoms with Crippen molar-refractivity contribution >= 4 is 11.6 Å². The molecule has 0 amide bonds. The number of aliphatic hydroxyl groups is 1. The van der Waals surface area contributed by atoms with Crippen LogP contribution in [0, 0.1) is 0 Å². The van der Waals surface area contributed by atoms with Crippen molar-refractivity contribution in [2.75, 3.05) is 13.2 Å². The number of nitrogens with two attached hydrogens (primary N) is 1. The number of hydrogen-bond donors (Lipinski definition) is 2. The number of hydrogen-bond acceptors (Lipinski definition) is 3. The highest BCUT2D eigenvalue weighted by Crippen LogP contribution is 2.31. The van der Waals surface area contributed by atoms with Gasteiger partial charge in [0.2, 0.25) is 0 Å². The van der Waals surface area contributed by atoms with Crippen molar-refractivity contribution < 1.29 is 5.11 Å². The quantitative estimate of drug-likeness (QED) is 0.880. The number of rotatable bonds is 4. The first-order chi connectivity index (χ1) is 8.63. The predicted molar refractivity (Wildman–Crippen MR) is 74.7 cm³/mol. The molecule has 0 spiro atoms. The van der Waals surface area contributed by atoms with Gasteiger partial charge in [0.1, 0.15) is 0 Å². The summed E-state index contributed by atoms with van der Waals surface area (Å²) in [6.45, 7) is 3.23. The van der Waals surface area contributed by atoms with Gasteiger partial charge in [-0.05, 0) is 44.0 Å². The predicted octanol–water partition coefficient (Wildman–Crippen LogP) is 2.19. The van der Waals surface area contributed by atoms with Gasteiger partial charge in [-0.15, -0.1) is 0 Å². The fourth-order valence-corrected chi connectivity index (χ4v) is 3.00. The molecule has 1 saturated heterocycles. The molecule has 3 atom stereocenters. The van der Waals surface area contributed by atoms with Crippen molar-refractivity contribution in [2.24, 2.45) is 5.73 Å². The summed E-state index contributed by atoms with van der Waals surface area (Å²) in [5.41, 5.74) is 7.32. The molecule has 0 bridgehead atoms. The third-order valence-electron chi connectivity index (χ3n) is 3.70. The first-order valence-corrected chi connectivity index (χ1v) is 6.89. The lowest BCUT2D eigenvalue weighted by atomic mass is 9.98. The van der Waals surface area contributed by atoms with Crippen LogP contribution in [0.2, 0.25) is 5.02 Å². The minimum Gasteiger partial charge on any atom is -0.395 e. The molecule has 1 heterocycles. The summed E-state index contributed by atoms with van der Waals surface area (Å²) in [6.07, 6.45) is 2.18. The third kappa shape index (κ3) is 2.86. The molecule has 2 rings (SSSR count). The summed E-state index contributed by atoms with van der Waals surface area (Å²) in [7, 11) is 0. The Kier molecular flexibility index (Phi) is 4.62. The molecular weight excluding hydrogens is 248 g/mol. The summed E-state index contributed by atoms with van der Waals surface area (Å²) >= 11 is 5.93. The Labute approximate surface area is 114 Å². The van der Waals surface area contributed by atoms with Gasteiger partial charge in [0.05, 0.1) is 6.61 Å². The van der Waals surface area contributed by atoms with Crippen LogP contribution in [-0.2, 0) is 0 Å². The second kappa shape index (κ2) is 6.02. The van der Waals surface area contributed by atoms with E-state index in [1.54, 1.807) is 0 Å². The molecule has 0 radical (unpaired) electrons. The molecule has 1 fully saturated rings. The maximum atomic E-state index is 9.45. The van der Waals surface area contributed by atoms with E-state index < -0.39 is 0 Å². The Hall–Kier alpha value is -0.610. The average Bonchev–Trinajstić information content (AvgIpc) is 2.79. The molecule has 3 N–H and O–H groups in total. The Balaban J connectivity index is 2.25. The molecule has 1 aliphatic rings. The lowest BCUT2D eigenvalue weighted by Crippen LogP contribution is -2.43. The lowest BCUT2D eigenvalue weighted by molar-refractivity contribution is 0.108. The number of benzene rings is 1. The van der Waals surface area contributed by atoms with Crippen molar-refractivity contribution in [1.82, 2.24) is 4.90 Å². The van der Waals surface area contributed by atoms with Crippen LogP contribution in [-0.4, -0.2) is 35.2 Å². The first kappa shape index (κ1) is 13.8. The van der Waals surface area contributed by atoms with Crippen molar-refractivity contribution in [3.05, 3.63) is 34.9 Å². The Morgan fingerprint density at radius 2 is 2.11 bits per heavy atom. The number of nitrogens with zero attached hydrogens (tertiary/aromatic N) is 1. The first-order valence-electron chi connectivity index (χ1n) is 6.51. The van der Waals surface area contributed by atoms with Crippen LogP contribution in [0.25, 0.3) is 0 Å². The molecule has 0 aliphatic carbocycles. The minimum absolute atomic E-state index is 0.0262. The van der Waals surface area contributed by atoms with Crippen LogP contribution >= 0.6 is 11.6 Å². The van der Waals surface area contributed by atoms with E-state index in [-0.39, 0.29) is 24.7 Å². The standard InChI is InChI=1S/C14H21ClN2O/c1-10(16)14(11-4-6-12(15)7-5-11)17-8-2-3-13(17)9-18/h4-7,10,13-14,18H,2-3,8-9,16H2,1H3. The van der Waals surface area contributed by atoms with Gasteiger partial charge >= 0.3 is 0 Å². The van der Waals surface area contributed by atoms with E-state index in [9.17, 15) is 5.11 Å². The van der Waals surface area contributed by atoms with Gasteiger partial charge in [0.15, 0.2) is 0 Å². The summed E-state index contributed by atoms with van der Waals surface area (Å²) in [6, 6.07) is 8.27. The molecule has 1 aromatic carbocycles. The van der Waals surface area contributed by atoms with Crippen LogP contribution in [0.4, 0.5) is 0 Å². The molecule has 3 unspecified atom stereocenters. The van der Waals surface area contributed by atoms with Crippen molar-refractivity contribution in [1.29, 1.82) is 0 Å². The van der Waals surface area contributed by atoms with E-state index >= 15 is 0 Å². The van der Waals surface area contributed by atoms with Gasteiger partial charge in [-0.2, -0.15) is 0 Å². The topological polar surface area (TPSA) is 49.5 Å². The van der Waals surface area contributed by atoms with Crippen LogP contribution < -0.4 is 5.73 Å². The summed E-state index contributed by atoms with van der Waals surface area (Å²) in [5, 5.41) is 10.2. The Bertz CT molecular complexity index is 380. The SMILES string of the molecule is CC(N)C(c1ccc(Cl)cc1)N1CCCC1CO. The van der Waals surface area contributed by atoms with Gasteiger partial charge in [-0.25, -0.2) is 0 Å². The maximum absolute atomic E-state index is 9.45. The average molecular weight is 269 g/mol. The number of likely N-dealkylation sites (tertiary alicyclic amines) is 1. The zero-order chi connectivity index (χ0) is 13.1. The smallest absolute Gasteiger partial charge is 0.0587 e. The molecule has 1 aliphatic heterocycles. The number of halogens is 1. The van der Waals surface area contributed by atoms with Crippen molar-refractivity contribution in [3.63, 3.8) is 0 Å². The van der Waals surface area contributed by atoms with E-state index in [4.69, 9.17) is 17.3 Å². The monoisotopic (exact) mass is 268 g/mol. The highest BCUT2D eigenvalue weighted by Gasteiger charge is 2.32. The summed E-state index contributed by atoms with van der Waals surface area (Å²) in [4.78, 5) is 2.33. The molecule has 0 aromatic heterocycles. The highest BCUT2D eigenvalue weighted by atomic mass is 35.5. The molecule has 1 aromatic rings. The number of aliphatic hydroxyl groups excluding tert-OH is 1. The summed E-state index contributed by atoms with van der Waals surface area (Å²) in [5.74, 6) is 0. The van der Waals surface area contributed by atoms with Crippen molar-refractivity contribution in [2.45, 2.75) is 37.9 Å². The van der Waals surface area contributed by atoms with Gasteiger partial charge in [-0.1, -0.05) is 23.7 Å². The third-order valence-corrected chi connectivity index (χ3v) is 3.95. The molecule has 4 heteroatoms. The van der Waals surface area contributed by atoms with Gasteiger partial charge < -0.3 is 10.8 Å². The Morgan fingerprint density at radius 1 is 1.44 bits per heavy atom. The second-order valence-corrected chi connectivity index (χ2v) is 5.51. The van der Waals surface area contributed by atoms with Crippen LogP contribution in [0.15, 0.2) is 24.3 Å². The maximum Gasteiger partial charge on any atom is 0.0587 e. The van der Waals surface area contributed by atoms with Crippen molar-refractivity contribution in [3.8, 4) is 0 Å². The van der Waals surface area contributed by atoms with Crippen LogP contribution in [0.5, 0.6) is 0 Å². The summed E-state index contributed by atoms with van der Waals surface area (Å²) < 4.78 is 0.